The maximum absolute atomic E-state index is 8.94. The Kier molecular flexibility index (Phi) is 2.93. The molecule has 3 nitrogen and oxygen atoms in total. The fourth-order valence-corrected chi connectivity index (χ4v) is 1.62. The fraction of sp³-hybridized carbons (Fsp3) is 0.154. The molecule has 0 aliphatic carbocycles. The van der Waals surface area contributed by atoms with Gasteiger partial charge < -0.3 is 9.72 Å². The molecule has 80 valence electrons. The van der Waals surface area contributed by atoms with Crippen LogP contribution in [0.3, 0.4) is 0 Å². The molecule has 1 aromatic carbocycles. The number of nitrogens with one attached hydrogen (secondary N) is 1. The summed E-state index contributed by atoms with van der Waals surface area (Å²) in [6.45, 7) is 2.59. The topological polar surface area (TPSA) is 48.8 Å². The molecule has 3 heteroatoms. The van der Waals surface area contributed by atoms with Crippen LogP contribution in [0.4, 0.5) is 0 Å². The van der Waals surface area contributed by atoms with Crippen LogP contribution >= 0.6 is 0 Å². The van der Waals surface area contributed by atoms with Crippen molar-refractivity contribution >= 4 is 0 Å². The van der Waals surface area contributed by atoms with Crippen LogP contribution in [-0.2, 0) is 0 Å². The highest BCUT2D eigenvalue weighted by atomic mass is 16.5. The summed E-state index contributed by atoms with van der Waals surface area (Å²) in [6.07, 6.45) is 3.52. The lowest BCUT2D eigenvalue weighted by Crippen LogP contribution is -1.91. The summed E-state index contributed by atoms with van der Waals surface area (Å²) in [5.74, 6) is 0.824. The predicted octanol–water partition coefficient (Wildman–Crippen LogP) is 2.95. The van der Waals surface area contributed by atoms with E-state index in [1.807, 2.05) is 37.4 Å². The Morgan fingerprint density at radius 3 is 3.00 bits per heavy atom. The summed E-state index contributed by atoms with van der Waals surface area (Å²) < 4.78 is 5.42. The number of nitrogens with zero attached hydrogens (tertiary/aromatic N) is 1. The largest absolute Gasteiger partial charge is 0.494 e. The Hall–Kier alpha value is -2.21. The average molecular weight is 212 g/mol. The van der Waals surface area contributed by atoms with Gasteiger partial charge in [-0.3, -0.25) is 0 Å². The Bertz CT molecular complexity index is 523. The first kappa shape index (κ1) is 10.3. The molecule has 0 amide bonds. The van der Waals surface area contributed by atoms with Crippen molar-refractivity contribution in [2.45, 2.75) is 6.92 Å². The van der Waals surface area contributed by atoms with Crippen LogP contribution in [0.2, 0.25) is 0 Å². The van der Waals surface area contributed by atoms with Gasteiger partial charge >= 0.3 is 0 Å². The van der Waals surface area contributed by atoms with E-state index in [2.05, 4.69) is 11.1 Å². The quantitative estimate of drug-likeness (QED) is 0.850. The molecule has 1 aromatic heterocycles. The maximum Gasteiger partial charge on any atom is 0.119 e. The SMILES string of the molecule is CCOc1cccc(-c2c[nH]cc2C#N)c1. The molecule has 16 heavy (non-hydrogen) atoms. The van der Waals surface area contributed by atoms with Gasteiger partial charge in [0, 0.05) is 18.0 Å². The minimum atomic E-state index is 0.641. The first-order valence-electron chi connectivity index (χ1n) is 5.15. The lowest BCUT2D eigenvalue weighted by molar-refractivity contribution is 0.340. The van der Waals surface area contributed by atoms with Crippen molar-refractivity contribution in [2.75, 3.05) is 6.61 Å². The van der Waals surface area contributed by atoms with Gasteiger partial charge in [-0.15, -0.1) is 0 Å². The molecule has 0 spiro atoms. The number of hydrogen-bond acceptors (Lipinski definition) is 2. The van der Waals surface area contributed by atoms with Crippen molar-refractivity contribution in [2.24, 2.45) is 0 Å². The zero-order valence-electron chi connectivity index (χ0n) is 9.03. The summed E-state index contributed by atoms with van der Waals surface area (Å²) in [4.78, 5) is 2.94. The van der Waals surface area contributed by atoms with Crippen molar-refractivity contribution < 1.29 is 4.74 Å². The number of benzene rings is 1. The minimum absolute atomic E-state index is 0.641. The van der Waals surface area contributed by atoms with E-state index >= 15 is 0 Å². The van der Waals surface area contributed by atoms with Crippen molar-refractivity contribution in [3.8, 4) is 22.9 Å². The molecule has 1 heterocycles. The molecular formula is C13H12N2O. The Labute approximate surface area is 94.3 Å². The molecule has 0 saturated carbocycles. The van der Waals surface area contributed by atoms with Crippen molar-refractivity contribution in [1.29, 1.82) is 5.26 Å². The first-order valence-corrected chi connectivity index (χ1v) is 5.15. The monoisotopic (exact) mass is 212 g/mol. The number of hydrogen-bond donors (Lipinski definition) is 1. The smallest absolute Gasteiger partial charge is 0.119 e. The van der Waals surface area contributed by atoms with Gasteiger partial charge in [0.25, 0.3) is 0 Å². The minimum Gasteiger partial charge on any atom is -0.494 e. The normalized spacial score (nSPS) is 9.75. The van der Waals surface area contributed by atoms with Gasteiger partial charge in [-0.1, -0.05) is 12.1 Å². The van der Waals surface area contributed by atoms with Crippen molar-refractivity contribution in [3.63, 3.8) is 0 Å². The van der Waals surface area contributed by atoms with Crippen LogP contribution in [0, 0.1) is 11.3 Å². The molecule has 2 rings (SSSR count). The second-order valence-electron chi connectivity index (χ2n) is 3.36. The van der Waals surface area contributed by atoms with Crippen LogP contribution in [0.5, 0.6) is 5.75 Å². The number of aromatic amines is 1. The molecule has 0 saturated heterocycles. The molecular weight excluding hydrogens is 200 g/mol. The highest BCUT2D eigenvalue weighted by Gasteiger charge is 2.06. The van der Waals surface area contributed by atoms with E-state index in [1.54, 1.807) is 6.20 Å². The molecule has 2 aromatic rings. The Morgan fingerprint density at radius 2 is 2.25 bits per heavy atom. The van der Waals surface area contributed by atoms with Gasteiger partial charge in [0.1, 0.15) is 11.8 Å². The van der Waals surface area contributed by atoms with Gasteiger partial charge in [-0.2, -0.15) is 5.26 Å². The Balaban J connectivity index is 2.41. The molecule has 0 aliphatic rings. The molecule has 0 radical (unpaired) electrons. The van der Waals surface area contributed by atoms with Crippen molar-refractivity contribution in [1.82, 2.24) is 4.98 Å². The van der Waals surface area contributed by atoms with Crippen molar-refractivity contribution in [3.05, 3.63) is 42.2 Å². The lowest BCUT2D eigenvalue weighted by Gasteiger charge is -2.05. The van der Waals surface area contributed by atoms with Crippen LogP contribution in [-0.4, -0.2) is 11.6 Å². The summed E-state index contributed by atoms with van der Waals surface area (Å²) in [7, 11) is 0. The molecule has 0 unspecified atom stereocenters. The second-order valence-corrected chi connectivity index (χ2v) is 3.36. The van der Waals surface area contributed by atoms with E-state index in [1.165, 1.54) is 0 Å². The summed E-state index contributed by atoms with van der Waals surface area (Å²) in [5.41, 5.74) is 2.54. The third kappa shape index (κ3) is 1.91. The number of aromatic nitrogens is 1. The van der Waals surface area contributed by atoms with E-state index in [4.69, 9.17) is 10.00 Å². The number of ether oxygens (including phenoxy) is 1. The van der Waals surface area contributed by atoms with Gasteiger partial charge in [-0.25, -0.2) is 0 Å². The van der Waals surface area contributed by atoms with E-state index in [0.717, 1.165) is 16.9 Å². The molecule has 0 bridgehead atoms. The standard InChI is InChI=1S/C13H12N2O/c1-2-16-12-5-3-4-10(6-12)13-9-15-8-11(13)7-14/h3-6,8-9,15H,2H2,1H3. The van der Waals surface area contributed by atoms with Crippen LogP contribution in [0.15, 0.2) is 36.7 Å². The number of nitriles is 1. The fourth-order valence-electron chi connectivity index (χ4n) is 1.62. The second kappa shape index (κ2) is 4.54. The highest BCUT2D eigenvalue weighted by molar-refractivity contribution is 5.70. The van der Waals surface area contributed by atoms with E-state index < -0.39 is 0 Å². The van der Waals surface area contributed by atoms with Crippen LogP contribution < -0.4 is 4.74 Å². The predicted molar refractivity (Wildman–Crippen MR) is 62.1 cm³/mol. The highest BCUT2D eigenvalue weighted by Crippen LogP contribution is 2.26. The first-order chi connectivity index (χ1) is 7.85. The number of rotatable bonds is 3. The number of H-pyrrole nitrogens is 1. The zero-order chi connectivity index (χ0) is 11.4. The molecule has 0 fully saturated rings. The van der Waals surface area contributed by atoms with E-state index in [9.17, 15) is 0 Å². The Morgan fingerprint density at radius 1 is 1.38 bits per heavy atom. The van der Waals surface area contributed by atoms with Gasteiger partial charge in [0.15, 0.2) is 0 Å². The summed E-state index contributed by atoms with van der Waals surface area (Å²) in [5, 5.41) is 8.94. The summed E-state index contributed by atoms with van der Waals surface area (Å²) >= 11 is 0. The van der Waals surface area contributed by atoms with E-state index in [0.29, 0.717) is 12.2 Å². The average Bonchev–Trinajstić information content (AvgIpc) is 2.78. The van der Waals surface area contributed by atoms with Crippen LogP contribution in [0.25, 0.3) is 11.1 Å². The van der Waals surface area contributed by atoms with Crippen LogP contribution in [0.1, 0.15) is 12.5 Å². The molecule has 1 N–H and O–H groups in total. The third-order valence-electron chi connectivity index (χ3n) is 2.32. The zero-order valence-corrected chi connectivity index (χ0v) is 9.03. The maximum atomic E-state index is 8.94. The van der Waals surface area contributed by atoms with Gasteiger partial charge in [0.2, 0.25) is 0 Å². The van der Waals surface area contributed by atoms with E-state index in [-0.39, 0.29) is 0 Å². The van der Waals surface area contributed by atoms with Gasteiger partial charge in [-0.05, 0) is 24.6 Å². The molecule has 0 aliphatic heterocycles. The molecule has 0 atom stereocenters. The van der Waals surface area contributed by atoms with Gasteiger partial charge in [0.05, 0.1) is 12.2 Å². The summed E-state index contributed by atoms with van der Waals surface area (Å²) in [6, 6.07) is 9.89. The lowest BCUT2D eigenvalue weighted by atomic mass is 10.1. The third-order valence-corrected chi connectivity index (χ3v) is 2.32.